The summed E-state index contributed by atoms with van der Waals surface area (Å²) in [7, 11) is 0. The number of nitrogens with zero attached hydrogens (tertiary/aromatic N) is 1. The molecule has 0 aliphatic heterocycles. The van der Waals surface area contributed by atoms with Gasteiger partial charge in [-0.1, -0.05) is 19.3 Å². The first kappa shape index (κ1) is 11.6. The summed E-state index contributed by atoms with van der Waals surface area (Å²) in [6.07, 6.45) is 7.32. The highest BCUT2D eigenvalue weighted by Crippen LogP contribution is 2.37. The standard InChI is InChI=1S/C11H16BrNOS/c12-10-9(6-7-14)13-11(15-10)8-4-2-1-3-5-8/h8,14H,1-7H2. The Morgan fingerprint density at radius 2 is 2.07 bits per heavy atom. The van der Waals surface area contributed by atoms with Crippen LogP contribution in [0.25, 0.3) is 0 Å². The molecular formula is C11H16BrNOS. The van der Waals surface area contributed by atoms with E-state index in [1.165, 1.54) is 37.1 Å². The van der Waals surface area contributed by atoms with Crippen LogP contribution in [0, 0.1) is 0 Å². The lowest BCUT2D eigenvalue weighted by Gasteiger charge is -2.18. The fraction of sp³-hybridized carbons (Fsp3) is 0.727. The van der Waals surface area contributed by atoms with Crippen molar-refractivity contribution >= 4 is 27.3 Å². The van der Waals surface area contributed by atoms with Crippen molar-refractivity contribution in [1.82, 2.24) is 4.98 Å². The quantitative estimate of drug-likeness (QED) is 0.924. The van der Waals surface area contributed by atoms with E-state index in [-0.39, 0.29) is 6.61 Å². The molecule has 0 bridgehead atoms. The van der Waals surface area contributed by atoms with E-state index >= 15 is 0 Å². The normalized spacial score (nSPS) is 18.3. The Balaban J connectivity index is 2.10. The topological polar surface area (TPSA) is 33.1 Å². The summed E-state index contributed by atoms with van der Waals surface area (Å²) in [5, 5.41) is 10.2. The first-order chi connectivity index (χ1) is 7.31. The summed E-state index contributed by atoms with van der Waals surface area (Å²) in [6, 6.07) is 0. The van der Waals surface area contributed by atoms with E-state index in [1.807, 2.05) is 0 Å². The molecule has 1 aromatic heterocycles. The third kappa shape index (κ3) is 2.80. The smallest absolute Gasteiger partial charge is 0.0971 e. The molecule has 0 atom stereocenters. The molecule has 1 heterocycles. The number of aliphatic hydroxyl groups is 1. The van der Waals surface area contributed by atoms with Gasteiger partial charge in [0.1, 0.15) is 0 Å². The average Bonchev–Trinajstić information content (AvgIpc) is 2.63. The lowest BCUT2D eigenvalue weighted by molar-refractivity contribution is 0.298. The van der Waals surface area contributed by atoms with Gasteiger partial charge >= 0.3 is 0 Å². The van der Waals surface area contributed by atoms with Gasteiger partial charge in [-0.05, 0) is 28.8 Å². The molecule has 1 N–H and O–H groups in total. The van der Waals surface area contributed by atoms with Crippen molar-refractivity contribution in [1.29, 1.82) is 0 Å². The summed E-state index contributed by atoms with van der Waals surface area (Å²) in [6.45, 7) is 0.187. The summed E-state index contributed by atoms with van der Waals surface area (Å²) in [5.41, 5.74) is 1.03. The van der Waals surface area contributed by atoms with E-state index in [0.717, 1.165) is 9.48 Å². The first-order valence-corrected chi connectivity index (χ1v) is 7.18. The second-order valence-corrected chi connectivity index (χ2v) is 6.43. The van der Waals surface area contributed by atoms with Crippen LogP contribution in [0.15, 0.2) is 3.79 Å². The zero-order valence-electron chi connectivity index (χ0n) is 8.71. The van der Waals surface area contributed by atoms with E-state index < -0.39 is 0 Å². The van der Waals surface area contributed by atoms with E-state index in [1.54, 1.807) is 11.3 Å². The maximum atomic E-state index is 8.91. The van der Waals surface area contributed by atoms with Crippen molar-refractivity contribution in [3.8, 4) is 0 Å². The van der Waals surface area contributed by atoms with Crippen molar-refractivity contribution in [2.75, 3.05) is 6.61 Å². The SMILES string of the molecule is OCCc1nc(C2CCCCC2)sc1Br. The molecule has 2 nitrogen and oxygen atoms in total. The number of aromatic nitrogens is 1. The summed E-state index contributed by atoms with van der Waals surface area (Å²) >= 11 is 5.28. The highest BCUT2D eigenvalue weighted by molar-refractivity contribution is 9.11. The highest BCUT2D eigenvalue weighted by Gasteiger charge is 2.20. The van der Waals surface area contributed by atoms with Crippen molar-refractivity contribution in [3.05, 3.63) is 14.5 Å². The Morgan fingerprint density at radius 3 is 2.73 bits per heavy atom. The Hall–Kier alpha value is 0.0700. The van der Waals surface area contributed by atoms with Crippen molar-refractivity contribution in [2.24, 2.45) is 0 Å². The van der Waals surface area contributed by atoms with Gasteiger partial charge in [0.25, 0.3) is 0 Å². The number of aliphatic hydroxyl groups excluding tert-OH is 1. The second-order valence-electron chi connectivity index (χ2n) is 4.08. The molecule has 84 valence electrons. The van der Waals surface area contributed by atoms with Crippen LogP contribution in [0.2, 0.25) is 0 Å². The van der Waals surface area contributed by atoms with Crippen LogP contribution in [0.1, 0.15) is 48.7 Å². The molecule has 0 amide bonds. The zero-order valence-corrected chi connectivity index (χ0v) is 11.1. The molecule has 4 heteroatoms. The summed E-state index contributed by atoms with van der Waals surface area (Å²) in [4.78, 5) is 4.63. The van der Waals surface area contributed by atoms with Gasteiger partial charge in [-0.3, -0.25) is 0 Å². The Bertz CT molecular complexity index is 320. The monoisotopic (exact) mass is 289 g/mol. The van der Waals surface area contributed by atoms with Gasteiger partial charge in [0.15, 0.2) is 0 Å². The van der Waals surface area contributed by atoms with Crippen LogP contribution in [0.4, 0.5) is 0 Å². The fourth-order valence-electron chi connectivity index (χ4n) is 2.13. The molecule has 0 aromatic carbocycles. The molecule has 0 unspecified atom stereocenters. The Morgan fingerprint density at radius 1 is 1.33 bits per heavy atom. The first-order valence-electron chi connectivity index (χ1n) is 5.57. The van der Waals surface area contributed by atoms with Crippen molar-refractivity contribution in [2.45, 2.75) is 44.4 Å². The van der Waals surface area contributed by atoms with Crippen LogP contribution in [0.3, 0.4) is 0 Å². The van der Waals surface area contributed by atoms with E-state index in [0.29, 0.717) is 12.3 Å². The molecule has 0 radical (unpaired) electrons. The summed E-state index contributed by atoms with van der Waals surface area (Å²) < 4.78 is 1.11. The predicted octanol–water partition coefficient (Wildman–Crippen LogP) is 3.49. The van der Waals surface area contributed by atoms with Gasteiger partial charge in [0.05, 0.1) is 14.5 Å². The van der Waals surface area contributed by atoms with E-state index in [2.05, 4.69) is 20.9 Å². The van der Waals surface area contributed by atoms with Gasteiger partial charge in [-0.15, -0.1) is 11.3 Å². The van der Waals surface area contributed by atoms with Gasteiger partial charge < -0.3 is 5.11 Å². The van der Waals surface area contributed by atoms with Crippen LogP contribution in [-0.4, -0.2) is 16.7 Å². The number of halogens is 1. The molecule has 2 rings (SSSR count). The van der Waals surface area contributed by atoms with E-state index in [9.17, 15) is 0 Å². The largest absolute Gasteiger partial charge is 0.396 e. The third-order valence-electron chi connectivity index (χ3n) is 2.97. The molecular weight excluding hydrogens is 274 g/mol. The lowest BCUT2D eigenvalue weighted by Crippen LogP contribution is -2.04. The van der Waals surface area contributed by atoms with Crippen LogP contribution < -0.4 is 0 Å². The van der Waals surface area contributed by atoms with Crippen molar-refractivity contribution < 1.29 is 5.11 Å². The minimum Gasteiger partial charge on any atom is -0.396 e. The maximum absolute atomic E-state index is 8.91. The Kier molecular flexibility index (Phi) is 4.17. The van der Waals surface area contributed by atoms with Gasteiger partial charge in [0.2, 0.25) is 0 Å². The Labute approximate surface area is 103 Å². The maximum Gasteiger partial charge on any atom is 0.0971 e. The second kappa shape index (κ2) is 5.41. The molecule has 0 saturated heterocycles. The predicted molar refractivity (Wildman–Crippen MR) is 66.4 cm³/mol. The molecule has 1 fully saturated rings. The van der Waals surface area contributed by atoms with Crippen LogP contribution in [-0.2, 0) is 6.42 Å². The van der Waals surface area contributed by atoms with Crippen molar-refractivity contribution in [3.63, 3.8) is 0 Å². The number of hydrogen-bond acceptors (Lipinski definition) is 3. The minimum absolute atomic E-state index is 0.187. The lowest BCUT2D eigenvalue weighted by atomic mass is 9.90. The number of thiazole rings is 1. The van der Waals surface area contributed by atoms with Gasteiger partial charge in [-0.25, -0.2) is 4.98 Å². The van der Waals surface area contributed by atoms with Gasteiger partial charge in [-0.2, -0.15) is 0 Å². The summed E-state index contributed by atoms with van der Waals surface area (Å²) in [5.74, 6) is 0.674. The number of hydrogen-bond donors (Lipinski definition) is 1. The van der Waals surface area contributed by atoms with Crippen LogP contribution >= 0.6 is 27.3 Å². The number of rotatable bonds is 3. The van der Waals surface area contributed by atoms with Crippen LogP contribution in [0.5, 0.6) is 0 Å². The van der Waals surface area contributed by atoms with Gasteiger partial charge in [0, 0.05) is 18.9 Å². The molecule has 1 aromatic rings. The fourth-order valence-corrected chi connectivity index (χ4v) is 3.93. The highest BCUT2D eigenvalue weighted by atomic mass is 79.9. The molecule has 1 saturated carbocycles. The molecule has 1 aliphatic carbocycles. The molecule has 15 heavy (non-hydrogen) atoms. The third-order valence-corrected chi connectivity index (χ3v) is 4.96. The molecule has 0 spiro atoms. The minimum atomic E-state index is 0.187. The molecule has 1 aliphatic rings. The average molecular weight is 290 g/mol. The zero-order chi connectivity index (χ0) is 10.7. The van der Waals surface area contributed by atoms with E-state index in [4.69, 9.17) is 5.11 Å².